The summed E-state index contributed by atoms with van der Waals surface area (Å²) in [6.45, 7) is 6.18. The maximum Gasteiger partial charge on any atom is 0.322 e. The average molecular weight is 403 g/mol. The second-order valence-corrected chi connectivity index (χ2v) is 7.89. The van der Waals surface area contributed by atoms with Crippen molar-refractivity contribution in [1.82, 2.24) is 14.9 Å². The number of nitrogens with zero attached hydrogens (tertiary/aromatic N) is 5. The monoisotopic (exact) mass is 402 g/mol. The number of carbonyl (C=O) groups excluding carboxylic acids is 1. The highest BCUT2D eigenvalue weighted by atomic mass is 35.5. The van der Waals surface area contributed by atoms with Crippen LogP contribution in [0.15, 0.2) is 36.5 Å². The fraction of sp³-hybridized carbons (Fsp3) is 0.450. The van der Waals surface area contributed by atoms with Crippen molar-refractivity contribution in [3.63, 3.8) is 0 Å². The molecule has 8 heteroatoms. The molecule has 0 saturated carbocycles. The van der Waals surface area contributed by atoms with Crippen LogP contribution in [-0.4, -0.2) is 60.7 Å². The Hall–Kier alpha value is -2.54. The third-order valence-electron chi connectivity index (χ3n) is 4.98. The van der Waals surface area contributed by atoms with Crippen LogP contribution in [0.3, 0.4) is 0 Å². The SMILES string of the molecule is CC(C)C1CN(c2nccc(Cl)n2)CCN1C(=O)Nc1ccc(N(C)C)cc1. The first kappa shape index (κ1) is 20.2. The van der Waals surface area contributed by atoms with Gasteiger partial charge in [0, 0.05) is 51.3 Å². The van der Waals surface area contributed by atoms with E-state index in [0.29, 0.717) is 36.7 Å². The molecule has 1 aliphatic rings. The number of piperazine rings is 1. The minimum atomic E-state index is -0.0806. The Morgan fingerprint density at radius 2 is 1.93 bits per heavy atom. The molecule has 2 amide bonds. The Labute approximate surface area is 171 Å². The molecule has 2 aromatic rings. The standard InChI is InChI=1S/C20H27ClN6O/c1-14(2)17-13-26(19-22-10-9-18(21)24-19)11-12-27(17)20(28)23-15-5-7-16(8-6-15)25(3)4/h5-10,14,17H,11-13H2,1-4H3,(H,23,28). The number of halogens is 1. The van der Waals surface area contributed by atoms with E-state index in [1.807, 2.05) is 48.2 Å². The average Bonchev–Trinajstić information content (AvgIpc) is 2.67. The molecule has 0 radical (unpaired) electrons. The second-order valence-electron chi connectivity index (χ2n) is 7.50. The highest BCUT2D eigenvalue weighted by molar-refractivity contribution is 6.29. The number of anilines is 3. The maximum absolute atomic E-state index is 12.9. The predicted octanol–water partition coefficient (Wildman–Crippen LogP) is 3.57. The van der Waals surface area contributed by atoms with Crippen LogP contribution in [0.2, 0.25) is 5.15 Å². The van der Waals surface area contributed by atoms with Gasteiger partial charge in [-0.25, -0.2) is 14.8 Å². The van der Waals surface area contributed by atoms with Crippen molar-refractivity contribution in [3.8, 4) is 0 Å². The van der Waals surface area contributed by atoms with Gasteiger partial charge in [0.05, 0.1) is 6.04 Å². The number of aromatic nitrogens is 2. The first-order valence-corrected chi connectivity index (χ1v) is 9.81. The predicted molar refractivity (Wildman–Crippen MR) is 114 cm³/mol. The van der Waals surface area contributed by atoms with Crippen LogP contribution in [0.4, 0.5) is 22.1 Å². The van der Waals surface area contributed by atoms with Crippen molar-refractivity contribution in [2.45, 2.75) is 19.9 Å². The Balaban J connectivity index is 1.69. The number of nitrogens with one attached hydrogen (secondary N) is 1. The van der Waals surface area contributed by atoms with Crippen LogP contribution in [0.5, 0.6) is 0 Å². The highest BCUT2D eigenvalue weighted by Crippen LogP contribution is 2.23. The lowest BCUT2D eigenvalue weighted by atomic mass is 10.00. The zero-order valence-electron chi connectivity index (χ0n) is 16.8. The van der Waals surface area contributed by atoms with Gasteiger partial charge in [-0.15, -0.1) is 0 Å². The van der Waals surface area contributed by atoms with Gasteiger partial charge in [0.2, 0.25) is 5.95 Å². The van der Waals surface area contributed by atoms with Gasteiger partial charge in [-0.05, 0) is 36.2 Å². The molecule has 2 heterocycles. The summed E-state index contributed by atoms with van der Waals surface area (Å²) in [6.07, 6.45) is 1.66. The summed E-state index contributed by atoms with van der Waals surface area (Å²) in [6, 6.07) is 9.46. The summed E-state index contributed by atoms with van der Waals surface area (Å²) >= 11 is 6.01. The van der Waals surface area contributed by atoms with Crippen LogP contribution >= 0.6 is 11.6 Å². The topological polar surface area (TPSA) is 64.6 Å². The normalized spacial score (nSPS) is 17.0. The molecule has 1 aromatic heterocycles. The number of hydrogen-bond donors (Lipinski definition) is 1. The Morgan fingerprint density at radius 3 is 2.54 bits per heavy atom. The lowest BCUT2D eigenvalue weighted by molar-refractivity contribution is 0.156. The van der Waals surface area contributed by atoms with Crippen molar-refractivity contribution in [2.75, 3.05) is 48.8 Å². The Kier molecular flexibility index (Phi) is 6.24. The number of hydrogen-bond acceptors (Lipinski definition) is 5. The number of benzene rings is 1. The molecule has 0 aliphatic carbocycles. The molecule has 3 rings (SSSR count). The number of amides is 2. The third kappa shape index (κ3) is 4.65. The minimum Gasteiger partial charge on any atom is -0.378 e. The van der Waals surface area contributed by atoms with E-state index in [0.717, 1.165) is 11.4 Å². The fourth-order valence-corrected chi connectivity index (χ4v) is 3.46. The summed E-state index contributed by atoms with van der Waals surface area (Å²) < 4.78 is 0. The fourth-order valence-electron chi connectivity index (χ4n) is 3.33. The number of carbonyl (C=O) groups is 1. The summed E-state index contributed by atoms with van der Waals surface area (Å²) in [7, 11) is 3.98. The van der Waals surface area contributed by atoms with Crippen molar-refractivity contribution in [3.05, 3.63) is 41.7 Å². The zero-order chi connectivity index (χ0) is 20.3. The van der Waals surface area contributed by atoms with Gasteiger partial charge >= 0.3 is 6.03 Å². The first-order valence-electron chi connectivity index (χ1n) is 9.43. The van der Waals surface area contributed by atoms with E-state index in [1.165, 1.54) is 0 Å². The van der Waals surface area contributed by atoms with Gasteiger partial charge in [-0.2, -0.15) is 0 Å². The van der Waals surface area contributed by atoms with E-state index in [1.54, 1.807) is 12.3 Å². The van der Waals surface area contributed by atoms with Crippen LogP contribution in [-0.2, 0) is 0 Å². The summed E-state index contributed by atoms with van der Waals surface area (Å²) in [5, 5.41) is 3.45. The van der Waals surface area contributed by atoms with Crippen LogP contribution < -0.4 is 15.1 Å². The Morgan fingerprint density at radius 1 is 1.21 bits per heavy atom. The molecular weight excluding hydrogens is 376 g/mol. The smallest absolute Gasteiger partial charge is 0.322 e. The molecule has 28 heavy (non-hydrogen) atoms. The molecule has 1 saturated heterocycles. The molecule has 1 aliphatic heterocycles. The Bertz CT molecular complexity index is 811. The molecule has 150 valence electrons. The molecule has 7 nitrogen and oxygen atoms in total. The van der Waals surface area contributed by atoms with Gasteiger partial charge in [0.25, 0.3) is 0 Å². The molecule has 1 fully saturated rings. The number of rotatable bonds is 4. The minimum absolute atomic E-state index is 0.0531. The lowest BCUT2D eigenvalue weighted by Gasteiger charge is -2.43. The van der Waals surface area contributed by atoms with Gasteiger partial charge in [-0.3, -0.25) is 0 Å². The summed E-state index contributed by atoms with van der Waals surface area (Å²) in [4.78, 5) is 27.6. The maximum atomic E-state index is 12.9. The van der Waals surface area contributed by atoms with Crippen molar-refractivity contribution >= 4 is 35.0 Å². The van der Waals surface area contributed by atoms with Gasteiger partial charge in [0.1, 0.15) is 5.15 Å². The van der Waals surface area contributed by atoms with E-state index >= 15 is 0 Å². The third-order valence-corrected chi connectivity index (χ3v) is 5.19. The first-order chi connectivity index (χ1) is 13.3. The van der Waals surface area contributed by atoms with Crippen molar-refractivity contribution in [2.24, 2.45) is 5.92 Å². The largest absolute Gasteiger partial charge is 0.378 e. The van der Waals surface area contributed by atoms with E-state index in [2.05, 4.69) is 34.0 Å². The van der Waals surface area contributed by atoms with Gasteiger partial charge in [0.15, 0.2) is 0 Å². The molecular formula is C20H27ClN6O. The molecule has 0 bridgehead atoms. The van der Waals surface area contributed by atoms with Gasteiger partial charge < -0.3 is 20.0 Å². The van der Waals surface area contributed by atoms with E-state index in [-0.39, 0.29) is 12.1 Å². The van der Waals surface area contributed by atoms with Gasteiger partial charge in [-0.1, -0.05) is 25.4 Å². The quantitative estimate of drug-likeness (QED) is 0.792. The summed E-state index contributed by atoms with van der Waals surface area (Å²) in [5.41, 5.74) is 1.88. The molecule has 1 unspecified atom stereocenters. The van der Waals surface area contributed by atoms with E-state index < -0.39 is 0 Å². The van der Waals surface area contributed by atoms with Crippen LogP contribution in [0.25, 0.3) is 0 Å². The van der Waals surface area contributed by atoms with Crippen LogP contribution in [0.1, 0.15) is 13.8 Å². The van der Waals surface area contributed by atoms with E-state index in [9.17, 15) is 4.79 Å². The lowest BCUT2D eigenvalue weighted by Crippen LogP contribution is -2.58. The second kappa shape index (κ2) is 8.65. The molecule has 1 N–H and O–H groups in total. The van der Waals surface area contributed by atoms with Crippen molar-refractivity contribution in [1.29, 1.82) is 0 Å². The molecule has 1 aromatic carbocycles. The number of urea groups is 1. The zero-order valence-corrected chi connectivity index (χ0v) is 17.5. The molecule has 1 atom stereocenters. The molecule has 0 spiro atoms. The highest BCUT2D eigenvalue weighted by Gasteiger charge is 2.33. The summed E-state index contributed by atoms with van der Waals surface area (Å²) in [5.74, 6) is 0.904. The van der Waals surface area contributed by atoms with Crippen molar-refractivity contribution < 1.29 is 4.79 Å². The van der Waals surface area contributed by atoms with Crippen LogP contribution in [0, 0.1) is 5.92 Å². The van der Waals surface area contributed by atoms with E-state index in [4.69, 9.17) is 11.6 Å².